The van der Waals surface area contributed by atoms with Crippen LogP contribution in [0.2, 0.25) is 0 Å². The zero-order chi connectivity index (χ0) is 14.7. The summed E-state index contributed by atoms with van der Waals surface area (Å²) in [5.74, 6) is 1.24. The lowest BCUT2D eigenvalue weighted by atomic mass is 10.0. The van der Waals surface area contributed by atoms with Gasteiger partial charge in [-0.25, -0.2) is 9.97 Å². The lowest BCUT2D eigenvalue weighted by Gasteiger charge is -2.12. The molecule has 1 heterocycles. The second-order valence-electron chi connectivity index (χ2n) is 5.82. The third kappa shape index (κ3) is 3.79. The highest BCUT2D eigenvalue weighted by Crippen LogP contribution is 2.28. The van der Waals surface area contributed by atoms with E-state index in [4.69, 9.17) is 4.74 Å². The van der Waals surface area contributed by atoms with E-state index in [9.17, 15) is 0 Å². The predicted octanol–water partition coefficient (Wildman–Crippen LogP) is 3.64. The van der Waals surface area contributed by atoms with Gasteiger partial charge in [0.2, 0.25) is 0 Å². The van der Waals surface area contributed by atoms with E-state index in [-0.39, 0.29) is 0 Å². The molecule has 0 amide bonds. The van der Waals surface area contributed by atoms with E-state index in [0.717, 1.165) is 17.9 Å². The Bertz CT molecular complexity index is 591. The van der Waals surface area contributed by atoms with Crippen LogP contribution in [0, 0.1) is 0 Å². The first-order chi connectivity index (χ1) is 10.2. The Morgan fingerprint density at radius 3 is 2.57 bits per heavy atom. The van der Waals surface area contributed by atoms with Gasteiger partial charge in [0.25, 0.3) is 0 Å². The quantitative estimate of drug-likeness (QED) is 0.879. The second-order valence-corrected chi connectivity index (χ2v) is 5.82. The minimum Gasteiger partial charge on any atom is -0.424 e. The molecule has 0 aliphatic heterocycles. The van der Waals surface area contributed by atoms with E-state index in [1.165, 1.54) is 18.4 Å². The number of benzene rings is 1. The molecule has 1 aromatic carbocycles. The Balaban J connectivity index is 1.67. The highest BCUT2D eigenvalue weighted by atomic mass is 16.5. The Morgan fingerprint density at radius 2 is 1.90 bits per heavy atom. The second kappa shape index (κ2) is 6.22. The summed E-state index contributed by atoms with van der Waals surface area (Å²) in [5, 5.41) is 3.45. The Labute approximate surface area is 125 Å². The van der Waals surface area contributed by atoms with E-state index in [2.05, 4.69) is 35.2 Å². The van der Waals surface area contributed by atoms with Gasteiger partial charge in [0.15, 0.2) is 0 Å². The maximum absolute atomic E-state index is 5.82. The summed E-state index contributed by atoms with van der Waals surface area (Å²) in [6, 6.07) is 9.12. The van der Waals surface area contributed by atoms with Crippen LogP contribution in [-0.2, 0) is 6.54 Å². The van der Waals surface area contributed by atoms with Crippen molar-refractivity contribution < 1.29 is 4.74 Å². The van der Waals surface area contributed by atoms with E-state index in [1.54, 1.807) is 0 Å². The fourth-order valence-corrected chi connectivity index (χ4v) is 2.19. The van der Waals surface area contributed by atoms with Gasteiger partial charge in [0.1, 0.15) is 5.75 Å². The third-order valence-corrected chi connectivity index (χ3v) is 3.60. The minimum atomic E-state index is 0.401. The molecule has 4 heteroatoms. The van der Waals surface area contributed by atoms with E-state index in [1.807, 2.05) is 30.6 Å². The van der Waals surface area contributed by atoms with Gasteiger partial charge in [0, 0.05) is 30.5 Å². The van der Waals surface area contributed by atoms with Gasteiger partial charge in [-0.05, 0) is 30.4 Å². The lowest BCUT2D eigenvalue weighted by molar-refractivity contribution is 0.433. The van der Waals surface area contributed by atoms with Crippen LogP contribution in [-0.4, -0.2) is 16.0 Å². The Hall–Kier alpha value is -1.94. The summed E-state index contributed by atoms with van der Waals surface area (Å²) in [5.41, 5.74) is 2.26. The largest absolute Gasteiger partial charge is 0.424 e. The topological polar surface area (TPSA) is 47.0 Å². The molecule has 1 fully saturated rings. The number of nitrogens with one attached hydrogen (secondary N) is 1. The zero-order valence-corrected chi connectivity index (χ0v) is 12.5. The van der Waals surface area contributed by atoms with Crippen molar-refractivity contribution >= 4 is 0 Å². The highest BCUT2D eigenvalue weighted by molar-refractivity contribution is 5.37. The number of ether oxygens (including phenoxy) is 1. The van der Waals surface area contributed by atoms with Gasteiger partial charge in [-0.2, -0.15) is 0 Å². The van der Waals surface area contributed by atoms with Gasteiger partial charge in [-0.3, -0.25) is 0 Å². The van der Waals surface area contributed by atoms with Crippen molar-refractivity contribution in [3.8, 4) is 11.8 Å². The number of hydrogen-bond donors (Lipinski definition) is 1. The average molecular weight is 283 g/mol. The van der Waals surface area contributed by atoms with Crippen LogP contribution in [0.3, 0.4) is 0 Å². The molecule has 2 aromatic rings. The lowest BCUT2D eigenvalue weighted by Crippen LogP contribution is -2.15. The molecule has 1 aromatic heterocycles. The van der Waals surface area contributed by atoms with Gasteiger partial charge in [0.05, 0.1) is 0 Å². The number of para-hydroxylation sites is 1. The van der Waals surface area contributed by atoms with Crippen molar-refractivity contribution in [3.05, 3.63) is 47.8 Å². The van der Waals surface area contributed by atoms with Crippen LogP contribution >= 0.6 is 0 Å². The van der Waals surface area contributed by atoms with Crippen LogP contribution in [0.4, 0.5) is 0 Å². The van der Waals surface area contributed by atoms with Crippen molar-refractivity contribution in [2.75, 3.05) is 0 Å². The first-order valence-corrected chi connectivity index (χ1v) is 7.53. The summed E-state index contributed by atoms with van der Waals surface area (Å²) in [6.45, 7) is 5.12. The van der Waals surface area contributed by atoms with E-state index >= 15 is 0 Å². The van der Waals surface area contributed by atoms with Crippen LogP contribution < -0.4 is 10.1 Å². The summed E-state index contributed by atoms with van der Waals surface area (Å²) < 4.78 is 5.82. The Morgan fingerprint density at radius 1 is 1.19 bits per heavy atom. The molecule has 0 spiro atoms. The number of hydrogen-bond acceptors (Lipinski definition) is 4. The standard InChI is InChI=1S/C17H21N3O/c1-12(2)15-5-3-4-6-16(15)21-17-19-10-13(11-20-17)9-18-14-7-8-14/h3-6,10-12,14,18H,7-9H2,1-2H3. The fourth-order valence-electron chi connectivity index (χ4n) is 2.19. The molecule has 4 nitrogen and oxygen atoms in total. The fraction of sp³-hybridized carbons (Fsp3) is 0.412. The summed E-state index contributed by atoms with van der Waals surface area (Å²) in [6.07, 6.45) is 6.23. The smallest absolute Gasteiger partial charge is 0.321 e. The maximum atomic E-state index is 5.82. The molecule has 0 radical (unpaired) electrons. The molecule has 0 unspecified atom stereocenters. The molecule has 1 aliphatic carbocycles. The molecule has 110 valence electrons. The third-order valence-electron chi connectivity index (χ3n) is 3.60. The molecule has 1 aliphatic rings. The van der Waals surface area contributed by atoms with Gasteiger partial charge in [-0.15, -0.1) is 0 Å². The van der Waals surface area contributed by atoms with Crippen LogP contribution in [0.25, 0.3) is 0 Å². The number of nitrogens with zero attached hydrogens (tertiary/aromatic N) is 2. The van der Waals surface area contributed by atoms with Crippen molar-refractivity contribution in [2.24, 2.45) is 0 Å². The van der Waals surface area contributed by atoms with Crippen molar-refractivity contribution in [1.29, 1.82) is 0 Å². The zero-order valence-electron chi connectivity index (χ0n) is 12.5. The Kier molecular flexibility index (Phi) is 4.15. The van der Waals surface area contributed by atoms with Gasteiger partial charge in [-0.1, -0.05) is 32.0 Å². The van der Waals surface area contributed by atoms with E-state index in [0.29, 0.717) is 18.0 Å². The molecule has 1 N–H and O–H groups in total. The molecule has 0 atom stereocenters. The molecular formula is C17H21N3O. The SMILES string of the molecule is CC(C)c1ccccc1Oc1ncc(CNC2CC2)cn1. The first kappa shape index (κ1) is 14.0. The molecule has 0 bridgehead atoms. The van der Waals surface area contributed by atoms with Gasteiger partial charge >= 0.3 is 6.01 Å². The minimum absolute atomic E-state index is 0.401. The monoisotopic (exact) mass is 283 g/mol. The summed E-state index contributed by atoms with van der Waals surface area (Å²) in [7, 11) is 0. The van der Waals surface area contributed by atoms with Crippen molar-refractivity contribution in [1.82, 2.24) is 15.3 Å². The normalized spacial score (nSPS) is 14.4. The molecule has 3 rings (SSSR count). The van der Waals surface area contributed by atoms with E-state index < -0.39 is 0 Å². The maximum Gasteiger partial charge on any atom is 0.321 e. The number of aromatic nitrogens is 2. The highest BCUT2D eigenvalue weighted by Gasteiger charge is 2.20. The molecule has 21 heavy (non-hydrogen) atoms. The molecular weight excluding hydrogens is 262 g/mol. The first-order valence-electron chi connectivity index (χ1n) is 7.53. The molecule has 0 saturated heterocycles. The molecule has 1 saturated carbocycles. The van der Waals surface area contributed by atoms with Crippen molar-refractivity contribution in [2.45, 2.75) is 45.2 Å². The van der Waals surface area contributed by atoms with Crippen molar-refractivity contribution in [3.63, 3.8) is 0 Å². The van der Waals surface area contributed by atoms with Crippen LogP contribution in [0.15, 0.2) is 36.7 Å². The summed E-state index contributed by atoms with van der Waals surface area (Å²) >= 11 is 0. The predicted molar refractivity (Wildman–Crippen MR) is 82.5 cm³/mol. The summed E-state index contributed by atoms with van der Waals surface area (Å²) in [4.78, 5) is 8.60. The number of rotatable bonds is 6. The average Bonchev–Trinajstić information content (AvgIpc) is 3.31. The van der Waals surface area contributed by atoms with Crippen LogP contribution in [0.1, 0.15) is 43.7 Å². The van der Waals surface area contributed by atoms with Gasteiger partial charge < -0.3 is 10.1 Å². The van der Waals surface area contributed by atoms with Crippen LogP contribution in [0.5, 0.6) is 11.8 Å².